The summed E-state index contributed by atoms with van der Waals surface area (Å²) in [5, 5.41) is 17.7. The fourth-order valence-corrected chi connectivity index (χ4v) is 2.09. The Balaban J connectivity index is 1.92. The lowest BCUT2D eigenvalue weighted by atomic mass is 10.1. The minimum absolute atomic E-state index is 0.183. The maximum absolute atomic E-state index is 5.19. The number of nitrogens with zero attached hydrogens (tertiary/aromatic N) is 3. The molecule has 0 aliphatic rings. The number of aromatic nitrogens is 4. The van der Waals surface area contributed by atoms with Crippen molar-refractivity contribution in [3.63, 3.8) is 0 Å². The van der Waals surface area contributed by atoms with E-state index in [0.717, 1.165) is 17.0 Å². The van der Waals surface area contributed by atoms with E-state index >= 15 is 0 Å². The van der Waals surface area contributed by atoms with E-state index in [0.29, 0.717) is 5.82 Å². The highest BCUT2D eigenvalue weighted by Gasteiger charge is 2.18. The molecule has 0 aliphatic heterocycles. The first kappa shape index (κ1) is 13.1. The Bertz CT molecular complexity index is 667. The normalized spacial score (nSPS) is 11.9. The number of para-hydroxylation sites is 1. The molecule has 2 N–H and O–H groups in total. The SMILES string of the molecule is COc1ccc(C(Nc2ccccc2)c2nn[nH]n2)cc1. The highest BCUT2D eigenvalue weighted by atomic mass is 16.5. The van der Waals surface area contributed by atoms with Gasteiger partial charge in [-0.05, 0) is 29.8 Å². The van der Waals surface area contributed by atoms with Crippen molar-refractivity contribution in [2.45, 2.75) is 6.04 Å². The van der Waals surface area contributed by atoms with Crippen molar-refractivity contribution in [3.05, 3.63) is 66.0 Å². The van der Waals surface area contributed by atoms with E-state index in [2.05, 4.69) is 25.9 Å². The number of benzene rings is 2. The first-order valence-electron chi connectivity index (χ1n) is 6.55. The van der Waals surface area contributed by atoms with E-state index in [1.165, 1.54) is 0 Å². The Kier molecular flexibility index (Phi) is 3.77. The molecule has 0 spiro atoms. The monoisotopic (exact) mass is 281 g/mol. The van der Waals surface area contributed by atoms with E-state index in [-0.39, 0.29) is 6.04 Å². The van der Waals surface area contributed by atoms with Gasteiger partial charge in [-0.25, -0.2) is 0 Å². The third kappa shape index (κ3) is 3.00. The van der Waals surface area contributed by atoms with Gasteiger partial charge in [0, 0.05) is 5.69 Å². The van der Waals surface area contributed by atoms with Crippen LogP contribution in [0.5, 0.6) is 5.75 Å². The molecule has 0 saturated carbocycles. The number of anilines is 1. The molecule has 0 aliphatic carbocycles. The van der Waals surface area contributed by atoms with Gasteiger partial charge in [0.2, 0.25) is 5.82 Å². The van der Waals surface area contributed by atoms with Gasteiger partial charge in [-0.3, -0.25) is 0 Å². The largest absolute Gasteiger partial charge is 0.497 e. The molecule has 0 fully saturated rings. The molecule has 0 amide bonds. The molecule has 106 valence electrons. The number of nitrogens with one attached hydrogen (secondary N) is 2. The van der Waals surface area contributed by atoms with Gasteiger partial charge in [0.15, 0.2) is 0 Å². The summed E-state index contributed by atoms with van der Waals surface area (Å²) in [5.74, 6) is 1.40. The Labute approximate surface area is 122 Å². The Hall–Kier alpha value is -2.89. The van der Waals surface area contributed by atoms with Crippen LogP contribution in [-0.4, -0.2) is 27.7 Å². The molecule has 3 rings (SSSR count). The van der Waals surface area contributed by atoms with Crippen molar-refractivity contribution in [1.29, 1.82) is 0 Å². The van der Waals surface area contributed by atoms with Gasteiger partial charge in [-0.15, -0.1) is 10.2 Å². The van der Waals surface area contributed by atoms with Gasteiger partial charge in [0.05, 0.1) is 7.11 Å². The molecule has 3 aromatic rings. The standard InChI is InChI=1S/C15H15N5O/c1-21-13-9-7-11(8-10-13)14(15-17-19-20-18-15)16-12-5-3-2-4-6-12/h2-10,14,16H,1H3,(H,17,18,19,20). The van der Waals surface area contributed by atoms with Crippen LogP contribution in [0.4, 0.5) is 5.69 Å². The summed E-state index contributed by atoms with van der Waals surface area (Å²) in [5.41, 5.74) is 2.02. The Morgan fingerprint density at radius 1 is 1.05 bits per heavy atom. The zero-order chi connectivity index (χ0) is 14.5. The number of aromatic amines is 1. The molecule has 1 atom stereocenters. The quantitative estimate of drug-likeness (QED) is 0.751. The first-order valence-corrected chi connectivity index (χ1v) is 6.55. The molecule has 1 unspecified atom stereocenters. The number of rotatable bonds is 5. The van der Waals surface area contributed by atoms with Gasteiger partial charge < -0.3 is 10.1 Å². The van der Waals surface area contributed by atoms with Crippen LogP contribution in [0.25, 0.3) is 0 Å². The Morgan fingerprint density at radius 2 is 1.81 bits per heavy atom. The summed E-state index contributed by atoms with van der Waals surface area (Å²) in [7, 11) is 1.65. The van der Waals surface area contributed by atoms with Crippen molar-refractivity contribution in [2.75, 3.05) is 12.4 Å². The van der Waals surface area contributed by atoms with Crippen LogP contribution in [0.2, 0.25) is 0 Å². The molecule has 1 heterocycles. The highest BCUT2D eigenvalue weighted by Crippen LogP contribution is 2.25. The maximum Gasteiger partial charge on any atom is 0.201 e. The van der Waals surface area contributed by atoms with Crippen LogP contribution in [-0.2, 0) is 0 Å². The van der Waals surface area contributed by atoms with E-state index < -0.39 is 0 Å². The number of methoxy groups -OCH3 is 1. The molecule has 0 saturated heterocycles. The summed E-state index contributed by atoms with van der Waals surface area (Å²) in [4.78, 5) is 0. The first-order chi connectivity index (χ1) is 10.4. The Morgan fingerprint density at radius 3 is 2.43 bits per heavy atom. The van der Waals surface area contributed by atoms with Crippen LogP contribution in [0.1, 0.15) is 17.4 Å². The third-order valence-electron chi connectivity index (χ3n) is 3.15. The molecular formula is C15H15N5O. The van der Waals surface area contributed by atoms with E-state index in [9.17, 15) is 0 Å². The van der Waals surface area contributed by atoms with Gasteiger partial charge in [0.1, 0.15) is 11.8 Å². The van der Waals surface area contributed by atoms with Gasteiger partial charge in [-0.2, -0.15) is 5.21 Å². The summed E-state index contributed by atoms with van der Waals surface area (Å²) in [6.07, 6.45) is 0. The minimum atomic E-state index is -0.183. The molecule has 2 aromatic carbocycles. The zero-order valence-electron chi connectivity index (χ0n) is 11.5. The van der Waals surface area contributed by atoms with Crippen molar-refractivity contribution in [3.8, 4) is 5.75 Å². The topological polar surface area (TPSA) is 75.7 Å². The molecule has 21 heavy (non-hydrogen) atoms. The second kappa shape index (κ2) is 6.04. The second-order valence-corrected chi connectivity index (χ2v) is 4.49. The molecule has 0 radical (unpaired) electrons. The number of H-pyrrole nitrogens is 1. The van der Waals surface area contributed by atoms with Crippen LogP contribution in [0, 0.1) is 0 Å². The van der Waals surface area contributed by atoms with E-state index in [1.807, 2.05) is 54.6 Å². The average molecular weight is 281 g/mol. The van der Waals surface area contributed by atoms with Crippen LogP contribution in [0.15, 0.2) is 54.6 Å². The van der Waals surface area contributed by atoms with Gasteiger partial charge in [-0.1, -0.05) is 35.5 Å². The molecule has 0 bridgehead atoms. The van der Waals surface area contributed by atoms with Crippen molar-refractivity contribution in [1.82, 2.24) is 20.6 Å². The molecular weight excluding hydrogens is 266 g/mol. The van der Waals surface area contributed by atoms with Crippen molar-refractivity contribution in [2.24, 2.45) is 0 Å². The van der Waals surface area contributed by atoms with Crippen LogP contribution in [0.3, 0.4) is 0 Å². The molecule has 6 heteroatoms. The van der Waals surface area contributed by atoms with Crippen molar-refractivity contribution < 1.29 is 4.74 Å². The van der Waals surface area contributed by atoms with Gasteiger partial charge >= 0.3 is 0 Å². The number of tetrazole rings is 1. The fraction of sp³-hybridized carbons (Fsp3) is 0.133. The molecule has 1 aromatic heterocycles. The smallest absolute Gasteiger partial charge is 0.201 e. The summed E-state index contributed by atoms with van der Waals surface area (Å²) in [6.45, 7) is 0. The zero-order valence-corrected chi connectivity index (χ0v) is 11.5. The molecule has 6 nitrogen and oxygen atoms in total. The highest BCUT2D eigenvalue weighted by molar-refractivity contribution is 5.47. The lowest BCUT2D eigenvalue weighted by molar-refractivity contribution is 0.414. The summed E-state index contributed by atoms with van der Waals surface area (Å²) in [6, 6.07) is 17.5. The average Bonchev–Trinajstić information content (AvgIpc) is 3.08. The summed E-state index contributed by atoms with van der Waals surface area (Å²) >= 11 is 0. The summed E-state index contributed by atoms with van der Waals surface area (Å²) < 4.78 is 5.19. The second-order valence-electron chi connectivity index (χ2n) is 4.49. The lowest BCUT2D eigenvalue weighted by Gasteiger charge is -2.17. The third-order valence-corrected chi connectivity index (χ3v) is 3.15. The number of hydrogen-bond donors (Lipinski definition) is 2. The fourth-order valence-electron chi connectivity index (χ4n) is 2.09. The number of ether oxygens (including phenoxy) is 1. The van der Waals surface area contributed by atoms with E-state index in [1.54, 1.807) is 7.11 Å². The van der Waals surface area contributed by atoms with Crippen molar-refractivity contribution >= 4 is 5.69 Å². The van der Waals surface area contributed by atoms with Gasteiger partial charge in [0.25, 0.3) is 0 Å². The minimum Gasteiger partial charge on any atom is -0.497 e. The van der Waals surface area contributed by atoms with E-state index in [4.69, 9.17) is 4.74 Å². The maximum atomic E-state index is 5.19. The predicted octanol–water partition coefficient (Wildman–Crippen LogP) is 2.41. The predicted molar refractivity (Wildman–Crippen MR) is 79.1 cm³/mol. The lowest BCUT2D eigenvalue weighted by Crippen LogP contribution is -2.14. The van der Waals surface area contributed by atoms with Crippen LogP contribution >= 0.6 is 0 Å². The number of hydrogen-bond acceptors (Lipinski definition) is 5. The van der Waals surface area contributed by atoms with Crippen LogP contribution < -0.4 is 10.1 Å².